The molecule has 5 rings (SSSR count). The summed E-state index contributed by atoms with van der Waals surface area (Å²) in [6.45, 7) is 1.91. The van der Waals surface area contributed by atoms with Crippen LogP contribution in [0.2, 0.25) is 0 Å². The van der Waals surface area contributed by atoms with E-state index in [9.17, 15) is 19.7 Å². The fourth-order valence-corrected chi connectivity index (χ4v) is 4.64. The summed E-state index contributed by atoms with van der Waals surface area (Å²) in [5.74, 6) is -0.998. The third-order valence-electron chi connectivity index (χ3n) is 5.85. The topological polar surface area (TPSA) is 99.0 Å². The average Bonchev–Trinajstić information content (AvgIpc) is 3.35. The zero-order valence-electron chi connectivity index (χ0n) is 15.6. The van der Waals surface area contributed by atoms with Crippen molar-refractivity contribution >= 4 is 23.2 Å². The van der Waals surface area contributed by atoms with E-state index in [0.29, 0.717) is 5.75 Å². The quantitative estimate of drug-likeness (QED) is 0.448. The van der Waals surface area contributed by atoms with E-state index in [1.54, 1.807) is 12.1 Å². The summed E-state index contributed by atoms with van der Waals surface area (Å²) in [6, 6.07) is 11.3. The van der Waals surface area contributed by atoms with Crippen LogP contribution in [-0.4, -0.2) is 28.9 Å². The molecule has 0 N–H and O–H groups in total. The summed E-state index contributed by atoms with van der Waals surface area (Å²) in [7, 11) is 0. The van der Waals surface area contributed by atoms with Gasteiger partial charge in [0.05, 0.1) is 40.7 Å². The molecule has 0 radical (unpaired) electrons. The van der Waals surface area contributed by atoms with Crippen molar-refractivity contribution in [2.24, 2.45) is 11.8 Å². The van der Waals surface area contributed by atoms with E-state index in [-0.39, 0.29) is 41.1 Å². The highest BCUT2D eigenvalue weighted by molar-refractivity contribution is 6.23. The molecule has 2 bridgehead atoms. The number of non-ortho nitro benzene ring substituents is 1. The smallest absolute Gasteiger partial charge is 0.275 e. The molecule has 3 fully saturated rings. The molecule has 4 atom stereocenters. The summed E-state index contributed by atoms with van der Waals surface area (Å²) in [5.41, 5.74) is 0.883. The van der Waals surface area contributed by atoms with Crippen LogP contribution < -0.4 is 9.64 Å². The molecule has 0 unspecified atom stereocenters. The molecule has 2 aromatic rings. The van der Waals surface area contributed by atoms with E-state index in [4.69, 9.17) is 9.47 Å². The molecule has 3 heterocycles. The predicted octanol–water partition coefficient (Wildman–Crippen LogP) is 3.36. The second-order valence-electron chi connectivity index (χ2n) is 7.71. The maximum atomic E-state index is 13.0. The molecule has 3 saturated heterocycles. The van der Waals surface area contributed by atoms with E-state index >= 15 is 0 Å². The Bertz CT molecular complexity index is 1020. The zero-order chi connectivity index (χ0) is 20.3. The molecule has 0 spiro atoms. The summed E-state index contributed by atoms with van der Waals surface area (Å²) >= 11 is 0. The van der Waals surface area contributed by atoms with Gasteiger partial charge in [0.2, 0.25) is 11.8 Å². The Balaban J connectivity index is 1.53. The number of amides is 2. The first-order chi connectivity index (χ1) is 13.9. The number of hydrogen-bond donors (Lipinski definition) is 0. The van der Waals surface area contributed by atoms with Gasteiger partial charge >= 0.3 is 0 Å². The third-order valence-corrected chi connectivity index (χ3v) is 5.85. The van der Waals surface area contributed by atoms with Crippen LogP contribution in [0.4, 0.5) is 11.4 Å². The van der Waals surface area contributed by atoms with E-state index < -0.39 is 16.8 Å². The lowest BCUT2D eigenvalue weighted by Crippen LogP contribution is -2.34. The van der Waals surface area contributed by atoms with Crippen LogP contribution >= 0.6 is 0 Å². The SMILES string of the molecule is Cc1cccc(Oc2cc(N3C(=O)[C@@H]4[C@H](C3=O)[C@H]3CC[C@@H]4O3)cc([N+](=O)[O-])c2)c1. The van der Waals surface area contributed by atoms with Gasteiger partial charge in [-0.15, -0.1) is 0 Å². The second kappa shape index (κ2) is 6.38. The van der Waals surface area contributed by atoms with Gasteiger partial charge in [-0.05, 0) is 37.5 Å². The highest BCUT2D eigenvalue weighted by atomic mass is 16.6. The minimum Gasteiger partial charge on any atom is -0.457 e. The van der Waals surface area contributed by atoms with Crippen molar-refractivity contribution in [3.63, 3.8) is 0 Å². The van der Waals surface area contributed by atoms with E-state index in [1.165, 1.54) is 18.2 Å². The van der Waals surface area contributed by atoms with Crippen molar-refractivity contribution in [1.29, 1.82) is 0 Å². The van der Waals surface area contributed by atoms with Crippen molar-refractivity contribution < 1.29 is 24.0 Å². The first kappa shape index (κ1) is 17.8. The highest BCUT2D eigenvalue weighted by Gasteiger charge is 2.62. The molecule has 0 saturated carbocycles. The minimum absolute atomic E-state index is 0.158. The Labute approximate surface area is 166 Å². The van der Waals surface area contributed by atoms with Crippen LogP contribution in [0.25, 0.3) is 0 Å². The molecule has 0 aliphatic carbocycles. The largest absolute Gasteiger partial charge is 0.457 e. The third kappa shape index (κ3) is 2.79. The maximum Gasteiger partial charge on any atom is 0.275 e. The number of anilines is 1. The lowest BCUT2D eigenvalue weighted by atomic mass is 9.81. The number of imide groups is 1. The van der Waals surface area contributed by atoms with Gasteiger partial charge in [0.1, 0.15) is 11.5 Å². The molecule has 8 heteroatoms. The first-order valence-corrected chi connectivity index (χ1v) is 9.49. The van der Waals surface area contributed by atoms with Gasteiger partial charge in [-0.25, -0.2) is 4.90 Å². The Morgan fingerprint density at radius 1 is 1.03 bits per heavy atom. The predicted molar refractivity (Wildman–Crippen MR) is 102 cm³/mol. The summed E-state index contributed by atoms with van der Waals surface area (Å²) in [4.78, 5) is 37.9. The number of hydrogen-bond acceptors (Lipinski definition) is 6. The van der Waals surface area contributed by atoms with E-state index in [1.807, 2.05) is 19.1 Å². The number of benzene rings is 2. The van der Waals surface area contributed by atoms with Crippen LogP contribution in [-0.2, 0) is 14.3 Å². The molecular weight excluding hydrogens is 376 g/mol. The van der Waals surface area contributed by atoms with Crippen LogP contribution in [0.3, 0.4) is 0 Å². The number of aryl methyl sites for hydroxylation is 1. The standard InChI is InChI=1S/C21H18N2O6/c1-11-3-2-4-14(7-11)28-15-9-12(8-13(10-15)23(26)27)22-20(24)18-16-5-6-17(29-16)19(18)21(22)25/h2-4,7-10,16-19H,5-6H2,1H3/t16-,17+,18-,19+. The zero-order valence-corrected chi connectivity index (χ0v) is 15.6. The van der Waals surface area contributed by atoms with Crippen molar-refractivity contribution in [3.8, 4) is 11.5 Å². The molecule has 0 aromatic heterocycles. The molecule has 3 aliphatic rings. The lowest BCUT2D eigenvalue weighted by Gasteiger charge is -2.18. The van der Waals surface area contributed by atoms with Crippen molar-refractivity contribution in [2.45, 2.75) is 32.0 Å². The number of rotatable bonds is 4. The molecule has 8 nitrogen and oxygen atoms in total. The Morgan fingerprint density at radius 3 is 2.34 bits per heavy atom. The number of carbonyl (C=O) groups is 2. The van der Waals surface area contributed by atoms with Gasteiger partial charge in [-0.3, -0.25) is 19.7 Å². The van der Waals surface area contributed by atoms with Gasteiger partial charge in [0, 0.05) is 12.1 Å². The number of nitrogens with zero attached hydrogens (tertiary/aromatic N) is 2. The van der Waals surface area contributed by atoms with Gasteiger partial charge in [-0.2, -0.15) is 0 Å². The van der Waals surface area contributed by atoms with Crippen molar-refractivity contribution in [2.75, 3.05) is 4.90 Å². The van der Waals surface area contributed by atoms with Gasteiger partial charge in [0.15, 0.2) is 0 Å². The van der Waals surface area contributed by atoms with Crippen LogP contribution in [0.15, 0.2) is 42.5 Å². The van der Waals surface area contributed by atoms with Crippen molar-refractivity contribution in [3.05, 3.63) is 58.1 Å². The fraction of sp³-hybridized carbons (Fsp3) is 0.333. The summed E-state index contributed by atoms with van der Waals surface area (Å²) < 4.78 is 11.5. The lowest BCUT2D eigenvalue weighted by molar-refractivity contribution is -0.384. The van der Waals surface area contributed by atoms with Gasteiger partial charge < -0.3 is 9.47 Å². The monoisotopic (exact) mass is 394 g/mol. The molecular formula is C21H18N2O6. The van der Waals surface area contributed by atoms with Crippen LogP contribution in [0, 0.1) is 28.9 Å². The number of fused-ring (bicyclic) bond motifs is 5. The maximum absolute atomic E-state index is 13.0. The highest BCUT2D eigenvalue weighted by Crippen LogP contribution is 2.50. The molecule has 2 aromatic carbocycles. The second-order valence-corrected chi connectivity index (χ2v) is 7.71. The van der Waals surface area contributed by atoms with Crippen LogP contribution in [0.1, 0.15) is 18.4 Å². The minimum atomic E-state index is -0.564. The summed E-state index contributed by atoms with van der Waals surface area (Å²) in [6.07, 6.45) is 1.03. The number of nitro benzene ring substituents is 1. The van der Waals surface area contributed by atoms with Gasteiger partial charge in [0.25, 0.3) is 5.69 Å². The number of nitro groups is 1. The molecule has 3 aliphatic heterocycles. The molecule has 2 amide bonds. The van der Waals surface area contributed by atoms with Crippen molar-refractivity contribution in [1.82, 2.24) is 0 Å². The average molecular weight is 394 g/mol. The van der Waals surface area contributed by atoms with E-state index in [2.05, 4.69) is 0 Å². The van der Waals surface area contributed by atoms with Gasteiger partial charge in [-0.1, -0.05) is 12.1 Å². The Morgan fingerprint density at radius 2 is 1.72 bits per heavy atom. The van der Waals surface area contributed by atoms with Crippen LogP contribution in [0.5, 0.6) is 11.5 Å². The molecule has 29 heavy (non-hydrogen) atoms. The Hall–Kier alpha value is -3.26. The summed E-state index contributed by atoms with van der Waals surface area (Å²) in [5, 5.41) is 11.4. The van der Waals surface area contributed by atoms with E-state index in [0.717, 1.165) is 23.3 Å². The first-order valence-electron chi connectivity index (χ1n) is 9.49. The Kier molecular flexibility index (Phi) is 3.92. The number of ether oxygens (including phenoxy) is 2. The molecule has 148 valence electrons. The fourth-order valence-electron chi connectivity index (χ4n) is 4.64. The normalized spacial score (nSPS) is 27.4. The number of carbonyl (C=O) groups excluding carboxylic acids is 2.